The molecule has 1 aromatic heterocycles. The largest absolute Gasteiger partial charge is 0.454 e. The molecule has 1 unspecified atom stereocenters. The fourth-order valence-corrected chi connectivity index (χ4v) is 4.97. The van der Waals surface area contributed by atoms with Crippen LogP contribution in [0.1, 0.15) is 31.2 Å². The van der Waals surface area contributed by atoms with Gasteiger partial charge in [-0.3, -0.25) is 14.5 Å². The molecule has 3 aliphatic heterocycles. The van der Waals surface area contributed by atoms with Crippen molar-refractivity contribution >= 4 is 33.4 Å². The summed E-state index contributed by atoms with van der Waals surface area (Å²) in [6.07, 6.45) is 3.20. The number of fused-ring (bicyclic) bond motifs is 1. The third-order valence-corrected chi connectivity index (χ3v) is 6.68. The summed E-state index contributed by atoms with van der Waals surface area (Å²) in [7, 11) is 0. The Morgan fingerprint density at radius 2 is 2.03 bits per heavy atom. The van der Waals surface area contributed by atoms with E-state index in [0.29, 0.717) is 36.9 Å². The maximum atomic E-state index is 12.8. The lowest BCUT2D eigenvalue weighted by Gasteiger charge is -2.31. The summed E-state index contributed by atoms with van der Waals surface area (Å²) < 4.78 is 10.7. The van der Waals surface area contributed by atoms with Crippen LogP contribution >= 0.6 is 11.3 Å². The van der Waals surface area contributed by atoms with Crippen LogP contribution in [0.3, 0.4) is 0 Å². The summed E-state index contributed by atoms with van der Waals surface area (Å²) in [5.41, 5.74) is 0.976. The lowest BCUT2D eigenvalue weighted by atomic mass is 9.97. The summed E-state index contributed by atoms with van der Waals surface area (Å²) in [5, 5.41) is 13.0. The molecule has 5 rings (SSSR count). The number of rotatable bonds is 5. The van der Waals surface area contributed by atoms with E-state index >= 15 is 0 Å². The first-order valence-electron chi connectivity index (χ1n) is 10.2. The minimum Gasteiger partial charge on any atom is -0.454 e. The SMILES string of the molecule is O=C(NCc1ccc2c(c1)OCO2)C1CCCN(c2nnc(N3CCCC3=O)s2)C1. The second kappa shape index (κ2) is 8.10. The van der Waals surface area contributed by atoms with Gasteiger partial charge in [0, 0.05) is 32.6 Å². The molecule has 2 saturated heterocycles. The summed E-state index contributed by atoms with van der Waals surface area (Å²) >= 11 is 1.43. The second-order valence-corrected chi connectivity index (χ2v) is 8.64. The van der Waals surface area contributed by atoms with Gasteiger partial charge in [0.25, 0.3) is 0 Å². The van der Waals surface area contributed by atoms with Crippen LogP contribution in [-0.2, 0) is 16.1 Å². The molecule has 30 heavy (non-hydrogen) atoms. The molecular formula is C20H23N5O4S. The number of hydrogen-bond acceptors (Lipinski definition) is 8. The van der Waals surface area contributed by atoms with Crippen molar-refractivity contribution in [2.45, 2.75) is 32.2 Å². The summed E-state index contributed by atoms with van der Waals surface area (Å²) in [5.74, 6) is 1.50. The van der Waals surface area contributed by atoms with Gasteiger partial charge in [-0.25, -0.2) is 0 Å². The van der Waals surface area contributed by atoms with E-state index in [1.165, 1.54) is 11.3 Å². The molecule has 9 nitrogen and oxygen atoms in total. The highest BCUT2D eigenvalue weighted by Gasteiger charge is 2.30. The van der Waals surface area contributed by atoms with Crippen molar-refractivity contribution in [2.75, 3.05) is 36.2 Å². The number of nitrogens with zero attached hydrogens (tertiary/aromatic N) is 4. The predicted molar refractivity (Wildman–Crippen MR) is 111 cm³/mol. The Kier molecular flexibility index (Phi) is 5.16. The van der Waals surface area contributed by atoms with Crippen LogP contribution in [0.4, 0.5) is 10.3 Å². The zero-order chi connectivity index (χ0) is 20.5. The molecular weight excluding hydrogens is 406 g/mol. The van der Waals surface area contributed by atoms with Gasteiger partial charge < -0.3 is 19.7 Å². The molecule has 4 heterocycles. The smallest absolute Gasteiger partial charge is 0.231 e. The van der Waals surface area contributed by atoms with Gasteiger partial charge in [0.05, 0.1) is 5.92 Å². The van der Waals surface area contributed by atoms with Crippen molar-refractivity contribution in [1.29, 1.82) is 0 Å². The first-order valence-corrected chi connectivity index (χ1v) is 11.0. The van der Waals surface area contributed by atoms with Gasteiger partial charge in [-0.2, -0.15) is 0 Å². The number of carbonyl (C=O) groups is 2. The Morgan fingerprint density at radius 3 is 2.90 bits per heavy atom. The van der Waals surface area contributed by atoms with Gasteiger partial charge in [-0.15, -0.1) is 10.2 Å². The predicted octanol–water partition coefficient (Wildman–Crippen LogP) is 1.93. The quantitative estimate of drug-likeness (QED) is 0.776. The molecule has 0 spiro atoms. The molecule has 10 heteroatoms. The number of carbonyl (C=O) groups excluding carboxylic acids is 2. The number of nitrogens with one attached hydrogen (secondary N) is 1. The van der Waals surface area contributed by atoms with Crippen LogP contribution in [0.2, 0.25) is 0 Å². The monoisotopic (exact) mass is 429 g/mol. The van der Waals surface area contributed by atoms with Gasteiger partial charge in [-0.05, 0) is 37.0 Å². The number of amides is 2. The lowest BCUT2D eigenvalue weighted by molar-refractivity contribution is -0.125. The minimum atomic E-state index is -0.103. The van der Waals surface area contributed by atoms with E-state index in [4.69, 9.17) is 9.47 Å². The van der Waals surface area contributed by atoms with Crippen molar-refractivity contribution in [1.82, 2.24) is 15.5 Å². The van der Waals surface area contributed by atoms with Crippen molar-refractivity contribution in [3.05, 3.63) is 23.8 Å². The number of benzene rings is 1. The molecule has 1 atom stereocenters. The first kappa shape index (κ1) is 19.1. The highest BCUT2D eigenvalue weighted by Crippen LogP contribution is 2.33. The van der Waals surface area contributed by atoms with E-state index in [-0.39, 0.29) is 24.5 Å². The number of anilines is 2. The summed E-state index contributed by atoms with van der Waals surface area (Å²) in [6.45, 7) is 2.84. The molecule has 0 radical (unpaired) electrons. The van der Waals surface area contributed by atoms with Crippen LogP contribution < -0.4 is 24.6 Å². The van der Waals surface area contributed by atoms with Gasteiger partial charge in [0.15, 0.2) is 11.5 Å². The van der Waals surface area contributed by atoms with Crippen molar-refractivity contribution < 1.29 is 19.1 Å². The van der Waals surface area contributed by atoms with Crippen LogP contribution in [0.5, 0.6) is 11.5 Å². The Labute approximate surface area is 178 Å². The number of ether oxygens (including phenoxy) is 2. The van der Waals surface area contributed by atoms with E-state index < -0.39 is 0 Å². The number of hydrogen-bond donors (Lipinski definition) is 1. The maximum absolute atomic E-state index is 12.8. The second-order valence-electron chi connectivity index (χ2n) is 7.71. The van der Waals surface area contributed by atoms with Crippen LogP contribution in [0.15, 0.2) is 18.2 Å². The number of aromatic nitrogens is 2. The minimum absolute atomic E-state index is 0.0387. The molecule has 158 valence electrons. The van der Waals surface area contributed by atoms with E-state index in [9.17, 15) is 9.59 Å². The fourth-order valence-electron chi connectivity index (χ4n) is 4.04. The number of piperidine rings is 1. The highest BCUT2D eigenvalue weighted by atomic mass is 32.1. The zero-order valence-electron chi connectivity index (χ0n) is 16.5. The third-order valence-electron chi connectivity index (χ3n) is 5.67. The molecule has 2 amide bonds. The van der Waals surface area contributed by atoms with Gasteiger partial charge in [0.2, 0.25) is 28.9 Å². The summed E-state index contributed by atoms with van der Waals surface area (Å²) in [6, 6.07) is 5.70. The molecule has 2 aromatic rings. The molecule has 0 bridgehead atoms. The molecule has 0 saturated carbocycles. The normalized spacial score (nSPS) is 20.7. The molecule has 3 aliphatic rings. The van der Waals surface area contributed by atoms with Gasteiger partial charge >= 0.3 is 0 Å². The van der Waals surface area contributed by atoms with Crippen LogP contribution in [-0.4, -0.2) is 48.4 Å². The zero-order valence-corrected chi connectivity index (χ0v) is 17.3. The molecule has 0 aliphatic carbocycles. The maximum Gasteiger partial charge on any atom is 0.231 e. The topological polar surface area (TPSA) is 96.9 Å². The fraction of sp³-hybridized carbons (Fsp3) is 0.500. The Morgan fingerprint density at radius 1 is 1.17 bits per heavy atom. The first-order chi connectivity index (χ1) is 14.7. The van der Waals surface area contributed by atoms with Crippen molar-refractivity contribution in [3.8, 4) is 11.5 Å². The average molecular weight is 430 g/mol. The van der Waals surface area contributed by atoms with E-state index in [1.807, 2.05) is 18.2 Å². The van der Waals surface area contributed by atoms with Crippen LogP contribution in [0, 0.1) is 5.92 Å². The molecule has 1 N–H and O–H groups in total. The van der Waals surface area contributed by atoms with Crippen molar-refractivity contribution in [3.63, 3.8) is 0 Å². The third kappa shape index (κ3) is 3.79. The standard InChI is InChI=1S/C20H23N5O4S/c26-17-4-2-8-25(17)20-23-22-19(30-20)24-7-1-3-14(11-24)18(27)21-10-13-5-6-15-16(9-13)29-12-28-15/h5-6,9,14H,1-4,7-8,10-12H2,(H,21,27). The van der Waals surface area contributed by atoms with E-state index in [0.717, 1.165) is 42.3 Å². The summed E-state index contributed by atoms with van der Waals surface area (Å²) in [4.78, 5) is 28.5. The average Bonchev–Trinajstić information content (AvgIpc) is 3.52. The Hall–Kier alpha value is -2.88. The highest BCUT2D eigenvalue weighted by molar-refractivity contribution is 7.19. The van der Waals surface area contributed by atoms with Crippen LogP contribution in [0.25, 0.3) is 0 Å². The lowest BCUT2D eigenvalue weighted by Crippen LogP contribution is -2.43. The van der Waals surface area contributed by atoms with E-state index in [1.54, 1.807) is 4.90 Å². The Balaban J connectivity index is 1.18. The van der Waals surface area contributed by atoms with Crippen molar-refractivity contribution in [2.24, 2.45) is 5.92 Å². The molecule has 1 aromatic carbocycles. The Bertz CT molecular complexity index is 964. The van der Waals surface area contributed by atoms with E-state index in [2.05, 4.69) is 20.4 Å². The van der Waals surface area contributed by atoms with Gasteiger partial charge in [-0.1, -0.05) is 17.4 Å². The molecule has 2 fully saturated rings. The van der Waals surface area contributed by atoms with Gasteiger partial charge in [0.1, 0.15) is 0 Å².